The zero-order valence-electron chi connectivity index (χ0n) is 18.2. The van der Waals surface area contributed by atoms with Crippen molar-refractivity contribution in [2.24, 2.45) is 0 Å². The van der Waals surface area contributed by atoms with Crippen LogP contribution in [0.5, 0.6) is 0 Å². The summed E-state index contributed by atoms with van der Waals surface area (Å²) >= 11 is 0. The first-order chi connectivity index (χ1) is 13.9. The van der Waals surface area contributed by atoms with Crippen LogP contribution in [0, 0.1) is 0 Å². The van der Waals surface area contributed by atoms with Crippen LogP contribution in [0.15, 0.2) is 0 Å². The summed E-state index contributed by atoms with van der Waals surface area (Å²) in [6.45, 7) is 6.54. The van der Waals surface area contributed by atoms with Crippen molar-refractivity contribution >= 4 is 0 Å². The van der Waals surface area contributed by atoms with Crippen molar-refractivity contribution in [3.05, 3.63) is 0 Å². The molecule has 0 aromatic rings. The maximum absolute atomic E-state index is 3.93. The number of hydrogen-bond acceptors (Lipinski definition) is 6. The largest absolute Gasteiger partial charge is 0.320 e. The van der Waals surface area contributed by atoms with Gasteiger partial charge in [-0.1, -0.05) is 25.7 Å². The first-order valence-electron chi connectivity index (χ1n) is 12.2. The first kappa shape index (κ1) is 22.4. The Kier molecular flexibility index (Phi) is 10.5. The number of fused-ring (bicyclic) bond motifs is 2. The molecule has 0 amide bonds. The van der Waals surface area contributed by atoms with E-state index in [9.17, 15) is 0 Å². The first-order valence-corrected chi connectivity index (χ1v) is 12.2. The highest BCUT2D eigenvalue weighted by molar-refractivity contribution is 4.90. The normalized spacial score (nSPS) is 36.5. The van der Waals surface area contributed by atoms with Crippen LogP contribution in [0.25, 0.3) is 0 Å². The predicted octanol–water partition coefficient (Wildman–Crippen LogP) is 0.939. The molecular formula is C22H46N6. The van der Waals surface area contributed by atoms with Gasteiger partial charge in [-0.05, 0) is 52.1 Å². The molecule has 0 bridgehead atoms. The highest BCUT2D eigenvalue weighted by atomic mass is 15.1. The fourth-order valence-corrected chi connectivity index (χ4v) is 5.38. The molecule has 0 radical (unpaired) electrons. The summed E-state index contributed by atoms with van der Waals surface area (Å²) in [6.07, 6.45) is 13.3. The van der Waals surface area contributed by atoms with Crippen LogP contribution in [0.4, 0.5) is 0 Å². The highest BCUT2D eigenvalue weighted by Gasteiger charge is 2.27. The van der Waals surface area contributed by atoms with Gasteiger partial charge in [0.25, 0.3) is 0 Å². The molecule has 1 saturated heterocycles. The predicted molar refractivity (Wildman–Crippen MR) is 119 cm³/mol. The molecule has 3 fully saturated rings. The fraction of sp³-hybridized carbons (Fsp3) is 1.00. The lowest BCUT2D eigenvalue weighted by Crippen LogP contribution is -2.54. The van der Waals surface area contributed by atoms with Crippen molar-refractivity contribution in [2.75, 3.05) is 46.3 Å². The molecule has 0 aromatic heterocycles. The van der Waals surface area contributed by atoms with E-state index in [2.05, 4.69) is 38.9 Å². The van der Waals surface area contributed by atoms with Gasteiger partial charge in [0.15, 0.2) is 0 Å². The molecule has 1 heterocycles. The topological polar surface area (TPSA) is 72.2 Å². The quantitative estimate of drug-likeness (QED) is 0.399. The smallest absolute Gasteiger partial charge is 0.0221 e. The SMILES string of the molecule is CNCCC[C@H]1CNC2CCCCC2NCCNC2CCCCC2NCCN1. The third kappa shape index (κ3) is 7.54. The molecule has 6 heteroatoms. The van der Waals surface area contributed by atoms with E-state index in [4.69, 9.17) is 0 Å². The van der Waals surface area contributed by atoms with Crippen LogP contribution in [-0.2, 0) is 0 Å². The Balaban J connectivity index is 1.57. The van der Waals surface area contributed by atoms with Gasteiger partial charge in [0.1, 0.15) is 0 Å². The van der Waals surface area contributed by atoms with Crippen molar-refractivity contribution < 1.29 is 0 Å². The van der Waals surface area contributed by atoms with Crippen molar-refractivity contribution in [3.63, 3.8) is 0 Å². The Hall–Kier alpha value is -0.240. The Morgan fingerprint density at radius 2 is 1.11 bits per heavy atom. The van der Waals surface area contributed by atoms with Gasteiger partial charge in [-0.3, -0.25) is 0 Å². The van der Waals surface area contributed by atoms with Crippen molar-refractivity contribution in [1.29, 1.82) is 0 Å². The number of rotatable bonds is 4. The van der Waals surface area contributed by atoms with Gasteiger partial charge < -0.3 is 31.9 Å². The van der Waals surface area contributed by atoms with Crippen molar-refractivity contribution in [3.8, 4) is 0 Å². The molecular weight excluding hydrogens is 348 g/mol. The standard InChI is InChI=1S/C22H46N6/c1-23-12-6-7-18-17-28-22-11-5-4-10-21(22)27-16-15-26-20-9-3-2-8-19(20)25-14-13-24-18/h18-28H,2-17H2,1H3/t18-,19?,20?,21?,22?/m0/s1. The summed E-state index contributed by atoms with van der Waals surface area (Å²) in [5, 5.41) is 22.7. The summed E-state index contributed by atoms with van der Waals surface area (Å²) in [6, 6.07) is 3.13. The molecule has 164 valence electrons. The third-order valence-corrected chi connectivity index (χ3v) is 7.04. The number of hydrogen-bond donors (Lipinski definition) is 6. The minimum absolute atomic E-state index is 0.572. The van der Waals surface area contributed by atoms with E-state index in [0.29, 0.717) is 30.2 Å². The summed E-state index contributed by atoms with van der Waals surface area (Å²) in [7, 11) is 2.05. The van der Waals surface area contributed by atoms with Crippen LogP contribution >= 0.6 is 0 Å². The highest BCUT2D eigenvalue weighted by Crippen LogP contribution is 2.20. The summed E-state index contributed by atoms with van der Waals surface area (Å²) in [5.74, 6) is 0. The fourth-order valence-electron chi connectivity index (χ4n) is 5.38. The van der Waals surface area contributed by atoms with Crippen LogP contribution in [-0.4, -0.2) is 76.5 Å². The maximum Gasteiger partial charge on any atom is 0.0221 e. The van der Waals surface area contributed by atoms with Crippen molar-refractivity contribution in [1.82, 2.24) is 31.9 Å². The molecule has 3 aliphatic rings. The van der Waals surface area contributed by atoms with Crippen molar-refractivity contribution in [2.45, 2.75) is 94.4 Å². The molecule has 0 aromatic carbocycles. The van der Waals surface area contributed by atoms with Gasteiger partial charge in [-0.25, -0.2) is 0 Å². The molecule has 28 heavy (non-hydrogen) atoms. The lowest BCUT2D eigenvalue weighted by atomic mass is 9.89. The molecule has 5 atom stereocenters. The van der Waals surface area contributed by atoms with Gasteiger partial charge in [0, 0.05) is 62.9 Å². The summed E-state index contributed by atoms with van der Waals surface area (Å²) in [4.78, 5) is 0. The Labute approximate surface area is 173 Å². The molecule has 6 nitrogen and oxygen atoms in total. The van der Waals surface area contributed by atoms with E-state index in [-0.39, 0.29) is 0 Å². The average Bonchev–Trinajstić information content (AvgIpc) is 2.73. The molecule has 4 unspecified atom stereocenters. The Morgan fingerprint density at radius 1 is 0.643 bits per heavy atom. The van der Waals surface area contributed by atoms with Crippen LogP contribution in [0.2, 0.25) is 0 Å². The lowest BCUT2D eigenvalue weighted by Gasteiger charge is -2.35. The van der Waals surface area contributed by atoms with E-state index < -0.39 is 0 Å². The van der Waals surface area contributed by atoms with Crippen LogP contribution in [0.1, 0.15) is 64.2 Å². The second kappa shape index (κ2) is 13.1. The van der Waals surface area contributed by atoms with E-state index in [1.54, 1.807) is 0 Å². The van der Waals surface area contributed by atoms with E-state index >= 15 is 0 Å². The third-order valence-electron chi connectivity index (χ3n) is 7.04. The van der Waals surface area contributed by atoms with Crippen LogP contribution < -0.4 is 31.9 Å². The molecule has 2 aliphatic carbocycles. The zero-order valence-corrected chi connectivity index (χ0v) is 18.2. The average molecular weight is 395 g/mol. The van der Waals surface area contributed by atoms with E-state index in [1.807, 2.05) is 0 Å². The molecule has 0 spiro atoms. The Morgan fingerprint density at radius 3 is 1.61 bits per heavy atom. The van der Waals surface area contributed by atoms with Gasteiger partial charge in [0.05, 0.1) is 0 Å². The monoisotopic (exact) mass is 394 g/mol. The van der Waals surface area contributed by atoms with Crippen LogP contribution in [0.3, 0.4) is 0 Å². The zero-order chi connectivity index (χ0) is 19.4. The van der Waals surface area contributed by atoms with Gasteiger partial charge >= 0.3 is 0 Å². The maximum atomic E-state index is 3.93. The molecule has 6 N–H and O–H groups in total. The molecule has 3 rings (SSSR count). The molecule has 2 saturated carbocycles. The van der Waals surface area contributed by atoms with Gasteiger partial charge in [-0.15, -0.1) is 0 Å². The number of nitrogens with one attached hydrogen (secondary N) is 6. The molecule has 1 aliphatic heterocycles. The Bertz CT molecular complexity index is 406. The minimum atomic E-state index is 0.572. The van der Waals surface area contributed by atoms with Gasteiger partial charge in [0.2, 0.25) is 0 Å². The van der Waals surface area contributed by atoms with Gasteiger partial charge in [-0.2, -0.15) is 0 Å². The van der Waals surface area contributed by atoms with E-state index in [0.717, 1.165) is 39.3 Å². The summed E-state index contributed by atoms with van der Waals surface area (Å²) in [5.41, 5.74) is 0. The minimum Gasteiger partial charge on any atom is -0.320 e. The second-order valence-electron chi connectivity index (χ2n) is 9.16. The second-order valence-corrected chi connectivity index (χ2v) is 9.16. The lowest BCUT2D eigenvalue weighted by molar-refractivity contribution is 0.267. The summed E-state index contributed by atoms with van der Waals surface area (Å²) < 4.78 is 0. The van der Waals surface area contributed by atoms with E-state index in [1.165, 1.54) is 64.2 Å².